The first-order valence-corrected chi connectivity index (χ1v) is 5.86. The van der Waals surface area contributed by atoms with Gasteiger partial charge in [0.25, 0.3) is 0 Å². The molecule has 1 unspecified atom stereocenters. The third-order valence-electron chi connectivity index (χ3n) is 4.10. The first-order chi connectivity index (χ1) is 6.42. The highest BCUT2D eigenvalue weighted by atomic mass is 15.0. The summed E-state index contributed by atoms with van der Waals surface area (Å²) in [5.41, 5.74) is 0. The van der Waals surface area contributed by atoms with Crippen molar-refractivity contribution in [2.24, 2.45) is 17.8 Å². The standard InChI is InChI=1S/C11H20N2/c1-2-12-7-11(1)13-6-8-3-9-5-10(9)4-8/h8-13H,1-7H2/t8?,9-,10+,11-/m0/s1. The zero-order chi connectivity index (χ0) is 8.67. The summed E-state index contributed by atoms with van der Waals surface area (Å²) in [5.74, 6) is 3.31. The van der Waals surface area contributed by atoms with Crippen LogP contribution < -0.4 is 10.6 Å². The molecule has 0 amide bonds. The Hall–Kier alpha value is -0.0800. The van der Waals surface area contributed by atoms with Gasteiger partial charge in [-0.3, -0.25) is 0 Å². The second kappa shape index (κ2) is 3.25. The molecule has 2 N–H and O–H groups in total. The van der Waals surface area contributed by atoms with Crippen LogP contribution in [0, 0.1) is 17.8 Å². The predicted octanol–water partition coefficient (Wildman–Crippen LogP) is 0.984. The van der Waals surface area contributed by atoms with Crippen molar-refractivity contribution in [1.29, 1.82) is 0 Å². The van der Waals surface area contributed by atoms with Crippen LogP contribution in [-0.2, 0) is 0 Å². The van der Waals surface area contributed by atoms with Crippen LogP contribution in [0.2, 0.25) is 0 Å². The van der Waals surface area contributed by atoms with E-state index in [9.17, 15) is 0 Å². The lowest BCUT2D eigenvalue weighted by atomic mass is 10.0. The van der Waals surface area contributed by atoms with Gasteiger partial charge in [-0.15, -0.1) is 0 Å². The third-order valence-corrected chi connectivity index (χ3v) is 4.10. The molecule has 13 heavy (non-hydrogen) atoms. The fourth-order valence-electron chi connectivity index (χ4n) is 3.17. The summed E-state index contributed by atoms with van der Waals surface area (Å²) in [6, 6.07) is 0.775. The van der Waals surface area contributed by atoms with Crippen molar-refractivity contribution in [3.8, 4) is 0 Å². The molecule has 0 aromatic rings. The summed E-state index contributed by atoms with van der Waals surface area (Å²) in [6.45, 7) is 3.70. The summed E-state index contributed by atoms with van der Waals surface area (Å²) >= 11 is 0. The maximum Gasteiger partial charge on any atom is 0.0204 e. The Labute approximate surface area is 80.5 Å². The molecular formula is C11H20N2. The molecule has 2 nitrogen and oxygen atoms in total. The van der Waals surface area contributed by atoms with E-state index >= 15 is 0 Å². The van der Waals surface area contributed by atoms with Gasteiger partial charge in [-0.05, 0) is 56.5 Å². The molecule has 2 saturated carbocycles. The van der Waals surface area contributed by atoms with Gasteiger partial charge in [-0.1, -0.05) is 0 Å². The molecular weight excluding hydrogens is 160 g/mol. The second-order valence-corrected chi connectivity index (χ2v) is 5.19. The van der Waals surface area contributed by atoms with E-state index in [4.69, 9.17) is 0 Å². The van der Waals surface area contributed by atoms with Crippen LogP contribution >= 0.6 is 0 Å². The average molecular weight is 180 g/mol. The molecule has 4 atom stereocenters. The van der Waals surface area contributed by atoms with Gasteiger partial charge in [0, 0.05) is 12.6 Å². The van der Waals surface area contributed by atoms with Gasteiger partial charge in [0.05, 0.1) is 0 Å². The SMILES string of the molecule is C1C[C@H](NCC2C[C@@H]3C[C@@H]3C2)CN1. The molecule has 0 radical (unpaired) electrons. The summed E-state index contributed by atoms with van der Waals surface area (Å²) in [7, 11) is 0. The van der Waals surface area contributed by atoms with E-state index < -0.39 is 0 Å². The largest absolute Gasteiger partial charge is 0.315 e. The molecule has 2 heteroatoms. The third kappa shape index (κ3) is 1.75. The average Bonchev–Trinajstić information content (AvgIpc) is 2.64. The van der Waals surface area contributed by atoms with Crippen molar-refractivity contribution in [2.45, 2.75) is 31.7 Å². The number of fused-ring (bicyclic) bond motifs is 1. The fraction of sp³-hybridized carbons (Fsp3) is 1.00. The lowest BCUT2D eigenvalue weighted by Crippen LogP contribution is -2.34. The molecule has 3 fully saturated rings. The molecule has 74 valence electrons. The summed E-state index contributed by atoms with van der Waals surface area (Å²) in [6.07, 6.45) is 5.94. The van der Waals surface area contributed by atoms with E-state index in [1.807, 2.05) is 0 Å². The molecule has 2 aliphatic carbocycles. The number of hydrogen-bond donors (Lipinski definition) is 2. The van der Waals surface area contributed by atoms with Crippen molar-refractivity contribution >= 4 is 0 Å². The van der Waals surface area contributed by atoms with E-state index in [1.54, 1.807) is 6.42 Å². The van der Waals surface area contributed by atoms with Gasteiger partial charge in [0.2, 0.25) is 0 Å². The van der Waals surface area contributed by atoms with E-state index in [2.05, 4.69) is 10.6 Å². The van der Waals surface area contributed by atoms with Gasteiger partial charge < -0.3 is 10.6 Å². The monoisotopic (exact) mass is 180 g/mol. The summed E-state index contributed by atoms with van der Waals surface area (Å²) < 4.78 is 0. The van der Waals surface area contributed by atoms with Gasteiger partial charge in [0.1, 0.15) is 0 Å². The Morgan fingerprint density at radius 2 is 2.00 bits per heavy atom. The molecule has 0 aromatic heterocycles. The quantitative estimate of drug-likeness (QED) is 0.676. The van der Waals surface area contributed by atoms with Crippen molar-refractivity contribution in [3.05, 3.63) is 0 Å². The van der Waals surface area contributed by atoms with Gasteiger partial charge >= 0.3 is 0 Å². The van der Waals surface area contributed by atoms with Crippen molar-refractivity contribution in [1.82, 2.24) is 10.6 Å². The van der Waals surface area contributed by atoms with Gasteiger partial charge in [-0.25, -0.2) is 0 Å². The van der Waals surface area contributed by atoms with Crippen molar-refractivity contribution in [3.63, 3.8) is 0 Å². The van der Waals surface area contributed by atoms with Crippen LogP contribution in [-0.4, -0.2) is 25.7 Å². The number of rotatable bonds is 3. The molecule has 0 bridgehead atoms. The zero-order valence-corrected chi connectivity index (χ0v) is 8.26. The summed E-state index contributed by atoms with van der Waals surface area (Å²) in [4.78, 5) is 0. The Morgan fingerprint density at radius 1 is 1.15 bits per heavy atom. The molecule has 1 saturated heterocycles. The molecule has 1 heterocycles. The second-order valence-electron chi connectivity index (χ2n) is 5.19. The fourth-order valence-corrected chi connectivity index (χ4v) is 3.17. The van der Waals surface area contributed by atoms with Crippen molar-refractivity contribution in [2.75, 3.05) is 19.6 Å². The maximum atomic E-state index is 3.70. The molecule has 0 spiro atoms. The topological polar surface area (TPSA) is 24.1 Å². The van der Waals surface area contributed by atoms with Crippen LogP contribution in [0.15, 0.2) is 0 Å². The molecule has 1 aliphatic heterocycles. The first-order valence-electron chi connectivity index (χ1n) is 5.86. The lowest BCUT2D eigenvalue weighted by Gasteiger charge is -2.16. The highest BCUT2D eigenvalue weighted by molar-refractivity contribution is 4.96. The minimum absolute atomic E-state index is 0.775. The van der Waals surface area contributed by atoms with E-state index in [0.717, 1.165) is 23.8 Å². The Balaban J connectivity index is 1.38. The summed E-state index contributed by atoms with van der Waals surface area (Å²) in [5, 5.41) is 7.10. The molecule has 3 aliphatic rings. The Morgan fingerprint density at radius 3 is 2.69 bits per heavy atom. The minimum Gasteiger partial charge on any atom is -0.315 e. The molecule has 0 aromatic carbocycles. The van der Waals surface area contributed by atoms with E-state index in [-0.39, 0.29) is 0 Å². The van der Waals surface area contributed by atoms with Crippen LogP contribution in [0.3, 0.4) is 0 Å². The number of nitrogens with one attached hydrogen (secondary N) is 2. The van der Waals surface area contributed by atoms with Crippen LogP contribution in [0.4, 0.5) is 0 Å². The normalized spacial score (nSPS) is 48.0. The smallest absolute Gasteiger partial charge is 0.0204 e. The lowest BCUT2D eigenvalue weighted by molar-refractivity contribution is 0.415. The van der Waals surface area contributed by atoms with Crippen LogP contribution in [0.1, 0.15) is 25.7 Å². The Bertz CT molecular complexity index is 177. The highest BCUT2D eigenvalue weighted by Gasteiger charge is 2.45. The number of hydrogen-bond acceptors (Lipinski definition) is 2. The minimum atomic E-state index is 0.775. The first kappa shape index (κ1) is 8.25. The van der Waals surface area contributed by atoms with Crippen LogP contribution in [0.5, 0.6) is 0 Å². The predicted molar refractivity (Wildman–Crippen MR) is 53.6 cm³/mol. The van der Waals surface area contributed by atoms with Gasteiger partial charge in [0.15, 0.2) is 0 Å². The van der Waals surface area contributed by atoms with Crippen molar-refractivity contribution < 1.29 is 0 Å². The van der Waals surface area contributed by atoms with Gasteiger partial charge in [-0.2, -0.15) is 0 Å². The Kier molecular flexibility index (Phi) is 2.06. The maximum absolute atomic E-state index is 3.70. The molecule has 3 rings (SSSR count). The highest BCUT2D eigenvalue weighted by Crippen LogP contribution is 2.54. The van der Waals surface area contributed by atoms with Crippen LogP contribution in [0.25, 0.3) is 0 Å². The zero-order valence-electron chi connectivity index (χ0n) is 8.26. The van der Waals surface area contributed by atoms with E-state index in [0.29, 0.717) is 0 Å². The van der Waals surface area contributed by atoms with E-state index in [1.165, 1.54) is 38.9 Å².